The zero-order valence-corrected chi connectivity index (χ0v) is 50.0. The lowest BCUT2D eigenvalue weighted by Gasteiger charge is -2.61. The Bertz CT molecular complexity index is 1660. The summed E-state index contributed by atoms with van der Waals surface area (Å²) < 4.78 is 26.1. The lowest BCUT2D eigenvalue weighted by atomic mass is 9.44. The van der Waals surface area contributed by atoms with Crippen molar-refractivity contribution in [1.29, 1.82) is 0 Å². The van der Waals surface area contributed by atoms with Crippen LogP contribution in [0.4, 0.5) is 4.79 Å². The number of rotatable bonds is 37. The van der Waals surface area contributed by atoms with Crippen LogP contribution in [-0.4, -0.2) is 135 Å². The van der Waals surface area contributed by atoms with Crippen LogP contribution in [0.15, 0.2) is 12.2 Å². The fraction of sp³-hybridized carbons (Fsp3) is 0.921. The standard InChI is InChI=1S/C43H76N2O10.C20H39NO2/c1-28-15-17-42(3)30(26-28)10-11-31-33-13-12-32(43(33,4)18-16-34(31)42)29(2)9-14-37(48)44-19-7-5-6-8-36(47)45-20-21-52-22-23-53-24-25-54-41-40(51)39(50)38(49)35(27-46)55-41;1-3-4-5-6-7-8-9-10-11-12-13-14-15-16-17-18-19-21-20(22)23-2/h28-35,38-41,46,49-51H,5-27H2,1-4H3,(H,44,48)(H,45,47);10-11H,3-9,12-19H2,1-2H3,(H,21,22)/b;11-10-/t28-,29-,30?,31?,32-,33?,34?,35?,38-,39+,40?,41+,42+,43-;/m1./s1. The molecule has 1 aliphatic heterocycles. The van der Waals surface area contributed by atoms with Crippen molar-refractivity contribution in [3.05, 3.63) is 12.2 Å². The summed E-state index contributed by atoms with van der Waals surface area (Å²) in [5.41, 5.74) is 1.02. The van der Waals surface area contributed by atoms with Crippen LogP contribution in [0, 0.1) is 52.3 Å². The second-order valence-electron chi connectivity index (χ2n) is 24.9. The largest absolute Gasteiger partial charge is 0.453 e. The number of hydrogen-bond donors (Lipinski definition) is 7. The number of hydrogen-bond acceptors (Lipinski definition) is 12. The maximum absolute atomic E-state index is 12.8. The third kappa shape index (κ3) is 23.1. The van der Waals surface area contributed by atoms with Crippen molar-refractivity contribution >= 4 is 17.9 Å². The first-order valence-electron chi connectivity index (χ1n) is 31.8. The number of unbranched alkanes of at least 4 members (excludes halogenated alkanes) is 14. The van der Waals surface area contributed by atoms with E-state index in [1.807, 2.05) is 0 Å². The quantitative estimate of drug-likeness (QED) is 0.0229. The molecule has 0 radical (unpaired) electrons. The van der Waals surface area contributed by atoms with Crippen molar-refractivity contribution in [3.63, 3.8) is 0 Å². The van der Waals surface area contributed by atoms with Gasteiger partial charge in [0.2, 0.25) is 11.8 Å². The van der Waals surface area contributed by atoms with E-state index in [1.54, 1.807) is 0 Å². The summed E-state index contributed by atoms with van der Waals surface area (Å²) >= 11 is 0. The van der Waals surface area contributed by atoms with Crippen molar-refractivity contribution in [2.75, 3.05) is 66.4 Å². The molecule has 5 fully saturated rings. The van der Waals surface area contributed by atoms with E-state index in [2.05, 4.69) is 67.5 Å². The van der Waals surface area contributed by atoms with Gasteiger partial charge in [-0.25, -0.2) is 4.79 Å². The summed E-state index contributed by atoms with van der Waals surface area (Å²) in [7, 11) is 1.40. The number of ether oxygens (including phenoxy) is 5. The van der Waals surface area contributed by atoms with Gasteiger partial charge in [-0.2, -0.15) is 0 Å². The molecule has 1 saturated heterocycles. The van der Waals surface area contributed by atoms with Gasteiger partial charge in [0.15, 0.2) is 6.29 Å². The lowest BCUT2D eigenvalue weighted by molar-refractivity contribution is -0.302. The Morgan fingerprint density at radius 2 is 1.23 bits per heavy atom. The molecule has 5 aliphatic rings. The Balaban J connectivity index is 0.000000480. The SMILES string of the molecule is CCCCCCCC/C=C\CCCCCCCCNC(=O)OC.C[C@@H]1CC[C@@]2(C)C(CCC3C2CC[C@@]2(C)C3CC[C@@H]2[C@H](C)CCC(=O)NCCCCCC(=O)NCCOCCOCCO[C@H]2OC(CO)[C@@H](O)[C@H](O)C2O)C1. The maximum atomic E-state index is 12.8. The second kappa shape index (κ2) is 38.4. The van der Waals surface area contributed by atoms with Gasteiger partial charge < -0.3 is 60.1 Å². The highest BCUT2D eigenvalue weighted by Crippen LogP contribution is 2.68. The molecule has 0 aromatic heterocycles. The van der Waals surface area contributed by atoms with Crippen molar-refractivity contribution in [2.24, 2.45) is 52.3 Å². The molecule has 78 heavy (non-hydrogen) atoms. The monoisotopic (exact) mass is 1110 g/mol. The van der Waals surface area contributed by atoms with E-state index in [9.17, 15) is 34.8 Å². The van der Waals surface area contributed by atoms with E-state index in [-0.39, 0.29) is 31.1 Å². The van der Waals surface area contributed by atoms with E-state index in [0.717, 1.165) is 74.2 Å². The minimum atomic E-state index is -1.48. The van der Waals surface area contributed by atoms with Crippen molar-refractivity contribution in [3.8, 4) is 0 Å². The predicted molar refractivity (Wildman–Crippen MR) is 308 cm³/mol. The number of allylic oxidation sites excluding steroid dienone is 2. The van der Waals surface area contributed by atoms with Gasteiger partial charge in [-0.15, -0.1) is 0 Å². The van der Waals surface area contributed by atoms with E-state index in [4.69, 9.17) is 18.9 Å². The van der Waals surface area contributed by atoms with E-state index < -0.39 is 37.3 Å². The van der Waals surface area contributed by atoms with Gasteiger partial charge in [-0.3, -0.25) is 9.59 Å². The number of aliphatic hydroxyl groups excluding tert-OH is 4. The van der Waals surface area contributed by atoms with Crippen LogP contribution in [0.3, 0.4) is 0 Å². The second-order valence-corrected chi connectivity index (χ2v) is 24.9. The summed E-state index contributed by atoms with van der Waals surface area (Å²) in [6.07, 6.45) is 33.6. The fourth-order valence-corrected chi connectivity index (χ4v) is 14.6. The Morgan fingerprint density at radius 3 is 1.92 bits per heavy atom. The van der Waals surface area contributed by atoms with Crippen LogP contribution >= 0.6 is 0 Å². The molecule has 0 aromatic carbocycles. The molecule has 15 nitrogen and oxygen atoms in total. The average molecular weight is 1110 g/mol. The summed E-state index contributed by atoms with van der Waals surface area (Å²) in [5.74, 6) is 6.08. The molecule has 1 heterocycles. The van der Waals surface area contributed by atoms with Gasteiger partial charge in [0.1, 0.15) is 24.4 Å². The minimum absolute atomic E-state index is 0.00921. The van der Waals surface area contributed by atoms with Crippen LogP contribution in [0.5, 0.6) is 0 Å². The first-order chi connectivity index (χ1) is 37.7. The van der Waals surface area contributed by atoms with Gasteiger partial charge in [0.25, 0.3) is 0 Å². The molecule has 7 N–H and O–H groups in total. The average Bonchev–Trinajstić information content (AvgIpc) is 3.80. The molecule has 15 heteroatoms. The van der Waals surface area contributed by atoms with E-state index in [1.165, 1.54) is 148 Å². The molecule has 0 bridgehead atoms. The third-order valence-electron chi connectivity index (χ3n) is 19.4. The lowest BCUT2D eigenvalue weighted by Crippen LogP contribution is -2.59. The number of methoxy groups -OCH3 is 1. The Hall–Kier alpha value is -2.37. The minimum Gasteiger partial charge on any atom is -0.453 e. The zero-order chi connectivity index (χ0) is 56.6. The van der Waals surface area contributed by atoms with Crippen molar-refractivity contribution in [2.45, 2.75) is 252 Å². The number of nitrogens with one attached hydrogen (secondary N) is 3. The number of fused-ring (bicyclic) bond motifs is 5. The highest BCUT2D eigenvalue weighted by molar-refractivity contribution is 5.76. The highest BCUT2D eigenvalue weighted by atomic mass is 16.7. The molecule has 0 aromatic rings. The molecule has 5 rings (SSSR count). The third-order valence-corrected chi connectivity index (χ3v) is 19.4. The topological polar surface area (TPSA) is 214 Å². The number of carbonyl (C=O) groups excluding carboxylic acids is 3. The number of amides is 3. The van der Waals surface area contributed by atoms with E-state index in [0.29, 0.717) is 62.5 Å². The number of aliphatic hydroxyl groups is 4. The summed E-state index contributed by atoms with van der Waals surface area (Å²) in [6.45, 7) is 15.0. The first-order valence-corrected chi connectivity index (χ1v) is 31.8. The van der Waals surface area contributed by atoms with Crippen LogP contribution in [0.25, 0.3) is 0 Å². The van der Waals surface area contributed by atoms with Crippen LogP contribution < -0.4 is 16.0 Å². The Labute approximate surface area is 473 Å². The summed E-state index contributed by atoms with van der Waals surface area (Å²) in [5, 5.41) is 47.5. The number of alkyl carbamates (subject to hydrolysis) is 1. The summed E-state index contributed by atoms with van der Waals surface area (Å²) in [4.78, 5) is 35.8. The molecular weight excluding hydrogens is 991 g/mol. The van der Waals surface area contributed by atoms with Gasteiger partial charge in [-0.1, -0.05) is 117 Å². The maximum Gasteiger partial charge on any atom is 0.406 e. The molecule has 454 valence electrons. The molecule has 4 aliphatic carbocycles. The van der Waals surface area contributed by atoms with Gasteiger partial charge in [0, 0.05) is 32.5 Å². The summed E-state index contributed by atoms with van der Waals surface area (Å²) in [6, 6.07) is 0. The van der Waals surface area contributed by atoms with Crippen molar-refractivity contribution in [1.82, 2.24) is 16.0 Å². The molecule has 6 unspecified atom stereocenters. The van der Waals surface area contributed by atoms with Gasteiger partial charge >= 0.3 is 6.09 Å². The van der Waals surface area contributed by atoms with Gasteiger partial charge in [0.05, 0.1) is 46.8 Å². The number of carbonyl (C=O) groups is 3. The van der Waals surface area contributed by atoms with Crippen LogP contribution in [-0.2, 0) is 33.3 Å². The smallest absolute Gasteiger partial charge is 0.406 e. The first kappa shape index (κ1) is 68.1. The molecular formula is C63H115N3O12. The molecule has 3 amide bonds. The van der Waals surface area contributed by atoms with E-state index >= 15 is 0 Å². The molecule has 0 spiro atoms. The Kier molecular flexibility index (Phi) is 33.6. The van der Waals surface area contributed by atoms with Gasteiger partial charge in [-0.05, 0) is 155 Å². The zero-order valence-electron chi connectivity index (χ0n) is 50.0. The highest BCUT2D eigenvalue weighted by Gasteiger charge is 2.60. The van der Waals surface area contributed by atoms with Crippen LogP contribution in [0.2, 0.25) is 0 Å². The van der Waals surface area contributed by atoms with Crippen molar-refractivity contribution < 1.29 is 58.5 Å². The molecule has 14 atom stereocenters. The fourth-order valence-electron chi connectivity index (χ4n) is 14.6. The molecule has 4 saturated carbocycles. The predicted octanol–water partition coefficient (Wildman–Crippen LogP) is 10.7. The normalized spacial score (nSPS) is 30.8. The Morgan fingerprint density at radius 1 is 0.641 bits per heavy atom. The van der Waals surface area contributed by atoms with Crippen LogP contribution in [0.1, 0.15) is 221 Å².